The normalized spacial score (nSPS) is 33.7. The molecule has 7 heteroatoms. The SMILES string of the molecule is OC[C@H]1O[C@@H]2SC(Cc3c[nH]c4ccccc34)=N[C@@H]2[C@@H](O)[C@@H]1O. The van der Waals surface area contributed by atoms with Crippen LogP contribution < -0.4 is 0 Å². The van der Waals surface area contributed by atoms with E-state index in [1.165, 1.54) is 11.8 Å². The van der Waals surface area contributed by atoms with Crippen molar-refractivity contribution in [1.29, 1.82) is 0 Å². The molecule has 0 spiro atoms. The number of hydrogen-bond donors (Lipinski definition) is 4. The zero-order chi connectivity index (χ0) is 16.0. The summed E-state index contributed by atoms with van der Waals surface area (Å²) in [6.45, 7) is -0.320. The highest BCUT2D eigenvalue weighted by Crippen LogP contribution is 2.37. The van der Waals surface area contributed by atoms with E-state index in [0.29, 0.717) is 6.42 Å². The van der Waals surface area contributed by atoms with Gasteiger partial charge in [-0.1, -0.05) is 30.0 Å². The number of nitrogens with one attached hydrogen (secondary N) is 1. The summed E-state index contributed by atoms with van der Waals surface area (Å²) in [6, 6.07) is 7.58. The topological polar surface area (TPSA) is 98.1 Å². The lowest BCUT2D eigenvalue weighted by Crippen LogP contribution is -2.55. The van der Waals surface area contributed by atoms with Crippen molar-refractivity contribution in [3.05, 3.63) is 36.0 Å². The number of hydrogen-bond acceptors (Lipinski definition) is 6. The molecule has 0 bridgehead atoms. The number of aliphatic imine (C=N–C) groups is 1. The summed E-state index contributed by atoms with van der Waals surface area (Å²) in [5.74, 6) is 0. The number of benzene rings is 1. The van der Waals surface area contributed by atoms with Crippen LogP contribution in [0, 0.1) is 0 Å². The average molecular weight is 334 g/mol. The summed E-state index contributed by atoms with van der Waals surface area (Å²) in [5, 5.41) is 31.4. The molecule has 0 amide bonds. The van der Waals surface area contributed by atoms with Crippen LogP contribution in [0.5, 0.6) is 0 Å². The number of aliphatic hydroxyl groups excluding tert-OH is 3. The second-order valence-corrected chi connectivity index (χ2v) is 7.05. The molecule has 1 aromatic carbocycles. The largest absolute Gasteiger partial charge is 0.394 e. The number of fused-ring (bicyclic) bond motifs is 2. The number of aromatic amines is 1. The first-order valence-electron chi connectivity index (χ1n) is 7.58. The molecular weight excluding hydrogens is 316 g/mol. The zero-order valence-electron chi connectivity index (χ0n) is 12.3. The highest BCUT2D eigenvalue weighted by atomic mass is 32.2. The first-order valence-corrected chi connectivity index (χ1v) is 8.46. The van der Waals surface area contributed by atoms with E-state index < -0.39 is 24.4 Å². The van der Waals surface area contributed by atoms with E-state index >= 15 is 0 Å². The van der Waals surface area contributed by atoms with Gasteiger partial charge in [-0.15, -0.1) is 0 Å². The number of ether oxygens (including phenoxy) is 1. The van der Waals surface area contributed by atoms with Crippen LogP contribution in [0.2, 0.25) is 0 Å². The van der Waals surface area contributed by atoms with E-state index in [-0.39, 0.29) is 12.0 Å². The molecule has 0 aliphatic carbocycles. The predicted molar refractivity (Wildman–Crippen MR) is 88.6 cm³/mol. The van der Waals surface area contributed by atoms with Crippen molar-refractivity contribution in [1.82, 2.24) is 4.98 Å². The molecule has 23 heavy (non-hydrogen) atoms. The van der Waals surface area contributed by atoms with E-state index in [2.05, 4.69) is 16.0 Å². The predicted octanol–water partition coefficient (Wildman–Crippen LogP) is 0.663. The summed E-state index contributed by atoms with van der Waals surface area (Å²) in [4.78, 5) is 7.78. The third-order valence-electron chi connectivity index (χ3n) is 4.41. The van der Waals surface area contributed by atoms with Crippen LogP contribution in [-0.4, -0.2) is 61.7 Å². The van der Waals surface area contributed by atoms with Gasteiger partial charge in [0, 0.05) is 23.5 Å². The molecule has 1 saturated heterocycles. The molecule has 0 unspecified atom stereocenters. The fourth-order valence-electron chi connectivity index (χ4n) is 3.16. The second kappa shape index (κ2) is 5.92. The van der Waals surface area contributed by atoms with E-state index in [1.54, 1.807) is 0 Å². The molecule has 3 heterocycles. The van der Waals surface area contributed by atoms with E-state index in [4.69, 9.17) is 4.74 Å². The standard InChI is InChI=1S/C16H18N2O4S/c19-7-11-14(20)15(21)13-16(22-11)23-12(18-13)5-8-6-17-10-4-2-1-3-9(8)10/h1-4,6,11,13-17,19-21H,5,7H2/t11-,13-,14-,15-,16-/m1/s1. The lowest BCUT2D eigenvalue weighted by Gasteiger charge is -2.37. The summed E-state index contributed by atoms with van der Waals surface area (Å²) < 4.78 is 5.66. The molecule has 2 aromatic rings. The number of rotatable bonds is 3. The molecule has 2 aliphatic rings. The van der Waals surface area contributed by atoms with Crippen LogP contribution in [0.1, 0.15) is 5.56 Å². The van der Waals surface area contributed by atoms with Crippen LogP contribution in [0.25, 0.3) is 10.9 Å². The van der Waals surface area contributed by atoms with Crippen molar-refractivity contribution in [2.75, 3.05) is 6.61 Å². The zero-order valence-corrected chi connectivity index (χ0v) is 13.1. The van der Waals surface area contributed by atoms with Crippen LogP contribution in [0.3, 0.4) is 0 Å². The maximum absolute atomic E-state index is 10.2. The van der Waals surface area contributed by atoms with Gasteiger partial charge in [0.25, 0.3) is 0 Å². The van der Waals surface area contributed by atoms with E-state index in [1.807, 2.05) is 24.4 Å². The van der Waals surface area contributed by atoms with Gasteiger partial charge >= 0.3 is 0 Å². The molecule has 2 aliphatic heterocycles. The van der Waals surface area contributed by atoms with Gasteiger partial charge in [0.2, 0.25) is 0 Å². The number of nitrogens with zero attached hydrogens (tertiary/aromatic N) is 1. The molecule has 0 saturated carbocycles. The molecule has 122 valence electrons. The molecule has 4 N–H and O–H groups in total. The fraction of sp³-hybridized carbons (Fsp3) is 0.438. The Morgan fingerprint density at radius 3 is 2.87 bits per heavy atom. The van der Waals surface area contributed by atoms with Crippen molar-refractivity contribution in [2.45, 2.75) is 36.2 Å². The Morgan fingerprint density at radius 1 is 1.22 bits per heavy atom. The third kappa shape index (κ3) is 2.58. The second-order valence-electron chi connectivity index (χ2n) is 5.87. The van der Waals surface area contributed by atoms with Crippen LogP contribution in [0.15, 0.2) is 35.5 Å². The Kier molecular flexibility index (Phi) is 3.90. The molecule has 6 nitrogen and oxygen atoms in total. The molecule has 4 rings (SSSR count). The van der Waals surface area contributed by atoms with Crippen LogP contribution >= 0.6 is 11.8 Å². The maximum Gasteiger partial charge on any atom is 0.134 e. The Morgan fingerprint density at radius 2 is 2.04 bits per heavy atom. The van der Waals surface area contributed by atoms with Crippen molar-refractivity contribution in [2.24, 2.45) is 4.99 Å². The van der Waals surface area contributed by atoms with Gasteiger partial charge in [0.1, 0.15) is 29.8 Å². The minimum absolute atomic E-state index is 0.320. The van der Waals surface area contributed by atoms with Gasteiger partial charge in [-0.2, -0.15) is 0 Å². The summed E-state index contributed by atoms with van der Waals surface area (Å²) in [6.07, 6.45) is -0.269. The van der Waals surface area contributed by atoms with Gasteiger partial charge in [-0.3, -0.25) is 4.99 Å². The Labute approximate surface area is 137 Å². The fourth-order valence-corrected chi connectivity index (χ4v) is 4.41. The molecule has 1 fully saturated rings. The first kappa shape index (κ1) is 15.2. The highest BCUT2D eigenvalue weighted by molar-refractivity contribution is 8.14. The van der Waals surface area contributed by atoms with Crippen LogP contribution in [-0.2, 0) is 11.2 Å². The third-order valence-corrected chi connectivity index (χ3v) is 5.55. The van der Waals surface area contributed by atoms with Gasteiger partial charge in [-0.25, -0.2) is 0 Å². The van der Waals surface area contributed by atoms with Crippen molar-refractivity contribution < 1.29 is 20.1 Å². The number of aromatic nitrogens is 1. The Hall–Kier alpha value is -1.38. The summed E-state index contributed by atoms with van der Waals surface area (Å²) in [5.41, 5.74) is 1.86. The van der Waals surface area contributed by atoms with Crippen molar-refractivity contribution in [3.8, 4) is 0 Å². The van der Waals surface area contributed by atoms with Crippen molar-refractivity contribution >= 4 is 27.7 Å². The maximum atomic E-state index is 10.2. The number of aliphatic hydroxyl groups is 3. The molecule has 5 atom stereocenters. The lowest BCUT2D eigenvalue weighted by atomic mass is 9.99. The van der Waals surface area contributed by atoms with Gasteiger partial charge in [0.05, 0.1) is 11.7 Å². The molecule has 0 radical (unpaired) electrons. The van der Waals surface area contributed by atoms with E-state index in [9.17, 15) is 15.3 Å². The lowest BCUT2D eigenvalue weighted by molar-refractivity contribution is -0.164. The van der Waals surface area contributed by atoms with Crippen LogP contribution in [0.4, 0.5) is 0 Å². The minimum atomic E-state index is -1.11. The number of thioether (sulfide) groups is 1. The Bertz CT molecular complexity index is 747. The van der Waals surface area contributed by atoms with Gasteiger partial charge < -0.3 is 25.0 Å². The number of para-hydroxylation sites is 1. The quantitative estimate of drug-likeness (QED) is 0.661. The Balaban J connectivity index is 1.55. The first-order chi connectivity index (χ1) is 11.2. The van der Waals surface area contributed by atoms with Gasteiger partial charge in [0.15, 0.2) is 0 Å². The summed E-state index contributed by atoms with van der Waals surface area (Å²) >= 11 is 1.46. The molecular formula is C16H18N2O4S. The van der Waals surface area contributed by atoms with E-state index in [0.717, 1.165) is 21.5 Å². The minimum Gasteiger partial charge on any atom is -0.394 e. The average Bonchev–Trinajstić information content (AvgIpc) is 3.16. The monoisotopic (exact) mass is 334 g/mol. The highest BCUT2D eigenvalue weighted by Gasteiger charge is 2.47. The number of H-pyrrole nitrogens is 1. The summed E-state index contributed by atoms with van der Waals surface area (Å²) in [7, 11) is 0. The molecule has 1 aromatic heterocycles. The van der Waals surface area contributed by atoms with Crippen molar-refractivity contribution in [3.63, 3.8) is 0 Å². The smallest absolute Gasteiger partial charge is 0.134 e. The van der Waals surface area contributed by atoms with Gasteiger partial charge in [-0.05, 0) is 11.6 Å².